The Morgan fingerprint density at radius 2 is 2.27 bits per heavy atom. The van der Waals surface area contributed by atoms with Gasteiger partial charge in [-0.3, -0.25) is 9.48 Å². The molecule has 0 radical (unpaired) electrons. The predicted octanol–water partition coefficient (Wildman–Crippen LogP) is 3.09. The molecule has 0 spiro atoms. The van der Waals surface area contributed by atoms with Crippen LogP contribution in [0.5, 0.6) is 0 Å². The number of carbonyl (C=O) groups excluding carboxylic acids is 1. The van der Waals surface area contributed by atoms with Crippen LogP contribution in [0.1, 0.15) is 59.2 Å². The Bertz CT molecular complexity index is 1190. The summed E-state index contributed by atoms with van der Waals surface area (Å²) in [7, 11) is 0. The fraction of sp³-hybridized carbons (Fsp3) is 0.333. The van der Waals surface area contributed by atoms with Crippen molar-refractivity contribution in [3.05, 3.63) is 71.3 Å². The van der Waals surface area contributed by atoms with Crippen LogP contribution in [-0.2, 0) is 13.0 Å². The summed E-state index contributed by atoms with van der Waals surface area (Å²) in [5, 5.41) is 8.92. The van der Waals surface area contributed by atoms with E-state index in [9.17, 15) is 9.18 Å². The van der Waals surface area contributed by atoms with E-state index in [0.717, 1.165) is 22.6 Å². The van der Waals surface area contributed by atoms with Crippen LogP contribution in [0.3, 0.4) is 0 Å². The highest BCUT2D eigenvalue weighted by atomic mass is 19.1. The number of halogens is 1. The minimum Gasteiger partial charge on any atom is -0.348 e. The Balaban J connectivity index is 1.62. The molecule has 0 aliphatic carbocycles. The molecule has 4 aromatic heterocycles. The van der Waals surface area contributed by atoms with E-state index in [2.05, 4.69) is 15.1 Å². The second-order valence-electron chi connectivity index (χ2n) is 7.43. The van der Waals surface area contributed by atoms with Crippen LogP contribution in [0.4, 0.5) is 4.39 Å². The Labute approximate surface area is 172 Å². The zero-order valence-corrected chi connectivity index (χ0v) is 16.8. The van der Waals surface area contributed by atoms with Crippen molar-refractivity contribution in [1.82, 2.24) is 34.3 Å². The van der Waals surface area contributed by atoms with E-state index in [1.807, 2.05) is 37.4 Å². The molecule has 154 valence electrons. The predicted molar refractivity (Wildman–Crippen MR) is 108 cm³/mol. The number of fused-ring (bicyclic) bond motifs is 2. The molecule has 4 aromatic rings. The van der Waals surface area contributed by atoms with Gasteiger partial charge in [0, 0.05) is 31.4 Å². The molecule has 0 saturated carbocycles. The van der Waals surface area contributed by atoms with Crippen LogP contribution in [0, 0.1) is 0 Å². The van der Waals surface area contributed by atoms with Crippen LogP contribution >= 0.6 is 0 Å². The molecule has 8 nitrogen and oxygen atoms in total. The van der Waals surface area contributed by atoms with Crippen molar-refractivity contribution >= 4 is 11.4 Å². The number of rotatable bonds is 4. The molecule has 1 amide bonds. The molecule has 0 bridgehead atoms. The minimum absolute atomic E-state index is 0.259. The van der Waals surface area contributed by atoms with Gasteiger partial charge in [-0.1, -0.05) is 6.07 Å². The van der Waals surface area contributed by atoms with Crippen LogP contribution in [0.25, 0.3) is 5.52 Å². The molecule has 30 heavy (non-hydrogen) atoms. The SMILES string of the molecule is CCn1ncc(C(=O)N2CCc3[nH]cnc3[C@H]2c2cc3ccccn3n2)c1C(C)F. The molecule has 0 aromatic carbocycles. The molecular formula is C21H22FN7O. The second kappa shape index (κ2) is 7.08. The monoisotopic (exact) mass is 407 g/mol. The van der Waals surface area contributed by atoms with Crippen molar-refractivity contribution < 1.29 is 9.18 Å². The van der Waals surface area contributed by atoms with Gasteiger partial charge in [0.25, 0.3) is 5.91 Å². The number of nitrogens with one attached hydrogen (secondary N) is 1. The van der Waals surface area contributed by atoms with Gasteiger partial charge < -0.3 is 9.88 Å². The Kier molecular flexibility index (Phi) is 4.38. The first-order chi connectivity index (χ1) is 14.6. The molecule has 0 saturated heterocycles. The van der Waals surface area contributed by atoms with Crippen molar-refractivity contribution in [3.63, 3.8) is 0 Å². The molecule has 0 fully saturated rings. The van der Waals surface area contributed by atoms with Crippen molar-refractivity contribution in [2.75, 3.05) is 6.54 Å². The molecule has 2 atom stereocenters. The topological polar surface area (TPSA) is 84.1 Å². The van der Waals surface area contributed by atoms with Gasteiger partial charge in [-0.2, -0.15) is 10.2 Å². The lowest BCUT2D eigenvalue weighted by Crippen LogP contribution is -2.41. The fourth-order valence-electron chi connectivity index (χ4n) is 4.27. The van der Waals surface area contributed by atoms with Gasteiger partial charge in [0.15, 0.2) is 0 Å². The number of aryl methyl sites for hydroxylation is 1. The summed E-state index contributed by atoms with van der Waals surface area (Å²) in [5.41, 5.74) is 4.02. The van der Waals surface area contributed by atoms with Gasteiger partial charge in [-0.25, -0.2) is 13.9 Å². The number of nitrogens with zero attached hydrogens (tertiary/aromatic N) is 6. The van der Waals surface area contributed by atoms with Gasteiger partial charge >= 0.3 is 0 Å². The standard InChI is InChI=1S/C21H22FN7O/c1-3-28-19(13(2)22)15(11-25-28)21(30)27-9-7-16-18(24-12-23-16)20(27)17-10-14-6-4-5-8-29(14)26-17/h4-6,8,10-13,20H,3,7,9H2,1-2H3,(H,23,24)/t13?,20-/m1/s1. The molecule has 5 rings (SSSR count). The number of pyridine rings is 1. The van der Waals surface area contributed by atoms with Gasteiger partial charge in [0.1, 0.15) is 12.2 Å². The van der Waals surface area contributed by atoms with Crippen molar-refractivity contribution in [1.29, 1.82) is 0 Å². The maximum atomic E-state index is 14.4. The van der Waals surface area contributed by atoms with Crippen molar-refractivity contribution in [2.45, 2.75) is 39.0 Å². The highest BCUT2D eigenvalue weighted by Gasteiger charge is 2.38. The number of aromatic amines is 1. The smallest absolute Gasteiger partial charge is 0.258 e. The molecule has 1 aliphatic rings. The third kappa shape index (κ3) is 2.80. The van der Waals surface area contributed by atoms with Crippen LogP contribution < -0.4 is 0 Å². The minimum atomic E-state index is -1.30. The lowest BCUT2D eigenvalue weighted by Gasteiger charge is -2.34. The maximum Gasteiger partial charge on any atom is 0.258 e. The summed E-state index contributed by atoms with van der Waals surface area (Å²) in [6, 6.07) is 7.31. The second-order valence-corrected chi connectivity index (χ2v) is 7.43. The first kappa shape index (κ1) is 18.5. The highest BCUT2D eigenvalue weighted by Crippen LogP contribution is 2.35. The molecule has 1 N–H and O–H groups in total. The number of H-pyrrole nitrogens is 1. The normalized spacial score (nSPS) is 17.3. The van der Waals surface area contributed by atoms with E-state index in [1.54, 1.807) is 20.4 Å². The van der Waals surface area contributed by atoms with Crippen molar-refractivity contribution in [2.24, 2.45) is 0 Å². The van der Waals surface area contributed by atoms with Gasteiger partial charge in [-0.05, 0) is 32.0 Å². The molecule has 5 heterocycles. The Morgan fingerprint density at radius 1 is 1.40 bits per heavy atom. The van der Waals surface area contributed by atoms with Gasteiger partial charge in [0.2, 0.25) is 0 Å². The summed E-state index contributed by atoms with van der Waals surface area (Å²) >= 11 is 0. The Morgan fingerprint density at radius 3 is 3.03 bits per heavy atom. The fourth-order valence-corrected chi connectivity index (χ4v) is 4.27. The molecule has 1 aliphatic heterocycles. The van der Waals surface area contributed by atoms with Crippen molar-refractivity contribution in [3.8, 4) is 0 Å². The van der Waals surface area contributed by atoms with Crippen LogP contribution in [-0.4, -0.2) is 46.7 Å². The first-order valence-electron chi connectivity index (χ1n) is 10.1. The van der Waals surface area contributed by atoms with Crippen LogP contribution in [0.15, 0.2) is 43.0 Å². The van der Waals surface area contributed by atoms with E-state index < -0.39 is 12.2 Å². The number of aromatic nitrogens is 6. The number of hydrogen-bond donors (Lipinski definition) is 1. The summed E-state index contributed by atoms with van der Waals surface area (Å²) in [4.78, 5) is 23.0. The molecule has 1 unspecified atom stereocenters. The summed E-state index contributed by atoms with van der Waals surface area (Å²) in [6.07, 6.45) is 4.33. The van der Waals surface area contributed by atoms with Gasteiger partial charge in [0.05, 0.1) is 40.7 Å². The van der Waals surface area contributed by atoms with Crippen LogP contribution in [0.2, 0.25) is 0 Å². The largest absolute Gasteiger partial charge is 0.348 e. The van der Waals surface area contributed by atoms with E-state index in [-0.39, 0.29) is 5.91 Å². The number of carbonyl (C=O) groups is 1. The summed E-state index contributed by atoms with van der Waals surface area (Å²) in [6.45, 7) is 4.28. The van der Waals surface area contributed by atoms with E-state index in [1.165, 1.54) is 13.1 Å². The summed E-state index contributed by atoms with van der Waals surface area (Å²) < 4.78 is 17.7. The third-order valence-corrected chi connectivity index (χ3v) is 5.64. The maximum absolute atomic E-state index is 14.4. The number of imidazole rings is 1. The molecule has 9 heteroatoms. The zero-order chi connectivity index (χ0) is 20.8. The number of alkyl halides is 1. The quantitative estimate of drug-likeness (QED) is 0.563. The van der Waals surface area contributed by atoms with E-state index >= 15 is 0 Å². The first-order valence-corrected chi connectivity index (χ1v) is 10.1. The van der Waals surface area contributed by atoms with Gasteiger partial charge in [-0.15, -0.1) is 0 Å². The summed E-state index contributed by atoms with van der Waals surface area (Å²) in [5.74, 6) is -0.259. The average Bonchev–Trinajstić information content (AvgIpc) is 3.49. The Hall–Kier alpha value is -3.49. The third-order valence-electron chi connectivity index (χ3n) is 5.64. The highest BCUT2D eigenvalue weighted by molar-refractivity contribution is 5.96. The number of amides is 1. The molecular weight excluding hydrogens is 385 g/mol. The van der Waals surface area contributed by atoms with E-state index in [4.69, 9.17) is 5.10 Å². The number of hydrogen-bond acceptors (Lipinski definition) is 4. The lowest BCUT2D eigenvalue weighted by molar-refractivity contribution is 0.0683. The lowest BCUT2D eigenvalue weighted by atomic mass is 9.98. The van der Waals surface area contributed by atoms with E-state index in [0.29, 0.717) is 30.8 Å². The average molecular weight is 407 g/mol. The zero-order valence-electron chi connectivity index (χ0n) is 16.8.